The topological polar surface area (TPSA) is 65.9 Å². The molecule has 0 bridgehead atoms. The summed E-state index contributed by atoms with van der Waals surface area (Å²) < 4.78 is 18.5. The van der Waals surface area contributed by atoms with Gasteiger partial charge in [-0.1, -0.05) is 0 Å². The number of halogens is 2. The molecular weight excluding hydrogens is 486 g/mol. The molecule has 1 aromatic heterocycles. The number of benzene rings is 1. The SMILES string of the molecule is CCNC(=NCCCOc1ccc(F)cc1)N1CCN(c2ncccn2)CC1.I. The third kappa shape index (κ3) is 7.30. The fourth-order valence-corrected chi connectivity index (χ4v) is 2.97. The summed E-state index contributed by atoms with van der Waals surface area (Å²) in [5, 5.41) is 3.37. The summed E-state index contributed by atoms with van der Waals surface area (Å²) in [5.74, 6) is 2.13. The van der Waals surface area contributed by atoms with E-state index < -0.39 is 0 Å². The lowest BCUT2D eigenvalue weighted by atomic mass is 10.3. The Morgan fingerprint density at radius 1 is 1.14 bits per heavy atom. The minimum absolute atomic E-state index is 0. The largest absolute Gasteiger partial charge is 0.494 e. The number of aromatic nitrogens is 2. The average molecular weight is 514 g/mol. The second kappa shape index (κ2) is 12.4. The number of hydrogen-bond donors (Lipinski definition) is 1. The molecule has 1 aromatic carbocycles. The van der Waals surface area contributed by atoms with E-state index in [4.69, 9.17) is 9.73 Å². The third-order valence-corrected chi connectivity index (χ3v) is 4.40. The van der Waals surface area contributed by atoms with Crippen LogP contribution in [0.1, 0.15) is 13.3 Å². The number of aliphatic imine (C=N–C) groups is 1. The molecule has 158 valence electrons. The van der Waals surface area contributed by atoms with E-state index in [0.717, 1.165) is 51.1 Å². The van der Waals surface area contributed by atoms with Crippen LogP contribution >= 0.6 is 24.0 Å². The molecule has 0 unspecified atom stereocenters. The van der Waals surface area contributed by atoms with Gasteiger partial charge >= 0.3 is 0 Å². The Bertz CT molecular complexity index is 738. The molecule has 1 N–H and O–H groups in total. The van der Waals surface area contributed by atoms with Crippen molar-refractivity contribution in [2.24, 2.45) is 4.99 Å². The lowest BCUT2D eigenvalue weighted by Crippen LogP contribution is -2.53. The quantitative estimate of drug-likeness (QED) is 0.266. The number of guanidine groups is 1. The van der Waals surface area contributed by atoms with Gasteiger partial charge in [-0.3, -0.25) is 4.99 Å². The Balaban J connectivity index is 0.00000300. The maximum atomic E-state index is 12.9. The molecule has 0 aliphatic carbocycles. The van der Waals surface area contributed by atoms with Crippen molar-refractivity contribution in [2.75, 3.05) is 50.8 Å². The van der Waals surface area contributed by atoms with Crippen molar-refractivity contribution >= 4 is 35.9 Å². The number of piperazine rings is 1. The van der Waals surface area contributed by atoms with Crippen molar-refractivity contribution in [3.8, 4) is 5.75 Å². The smallest absolute Gasteiger partial charge is 0.225 e. The maximum Gasteiger partial charge on any atom is 0.225 e. The number of nitrogens with zero attached hydrogens (tertiary/aromatic N) is 5. The van der Waals surface area contributed by atoms with Crippen LogP contribution in [0.5, 0.6) is 5.75 Å². The second-order valence-electron chi connectivity index (χ2n) is 6.41. The average Bonchev–Trinajstić information content (AvgIpc) is 2.75. The van der Waals surface area contributed by atoms with E-state index in [1.165, 1.54) is 12.1 Å². The molecule has 2 aromatic rings. The first-order chi connectivity index (χ1) is 13.8. The van der Waals surface area contributed by atoms with Crippen LogP contribution in [-0.2, 0) is 0 Å². The Morgan fingerprint density at radius 3 is 2.48 bits per heavy atom. The van der Waals surface area contributed by atoms with E-state index in [1.807, 2.05) is 6.07 Å². The van der Waals surface area contributed by atoms with Gasteiger partial charge in [-0.15, -0.1) is 24.0 Å². The second-order valence-corrected chi connectivity index (χ2v) is 6.41. The van der Waals surface area contributed by atoms with E-state index in [-0.39, 0.29) is 29.8 Å². The van der Waals surface area contributed by atoms with Crippen LogP contribution in [0.15, 0.2) is 47.7 Å². The highest BCUT2D eigenvalue weighted by atomic mass is 127. The van der Waals surface area contributed by atoms with Crippen molar-refractivity contribution in [1.29, 1.82) is 0 Å². The van der Waals surface area contributed by atoms with Gasteiger partial charge < -0.3 is 19.9 Å². The fourth-order valence-electron chi connectivity index (χ4n) is 2.97. The minimum Gasteiger partial charge on any atom is -0.494 e. The first-order valence-electron chi connectivity index (χ1n) is 9.70. The monoisotopic (exact) mass is 514 g/mol. The van der Waals surface area contributed by atoms with Gasteiger partial charge in [-0.25, -0.2) is 14.4 Å². The molecule has 0 saturated carbocycles. The van der Waals surface area contributed by atoms with E-state index in [1.54, 1.807) is 24.5 Å². The molecule has 7 nitrogen and oxygen atoms in total. The van der Waals surface area contributed by atoms with Crippen LogP contribution < -0.4 is 15.0 Å². The summed E-state index contributed by atoms with van der Waals surface area (Å²) in [6.45, 7) is 7.59. The standard InChI is InChI=1S/C20H27FN6O.HI/c1-2-22-19(25-11-4-16-28-18-7-5-17(21)6-8-18)26-12-14-27(15-13-26)20-23-9-3-10-24-20;/h3,5-10H,2,4,11-16H2,1H3,(H,22,25);1H. The first-order valence-corrected chi connectivity index (χ1v) is 9.70. The molecule has 0 atom stereocenters. The molecule has 3 rings (SSSR count). The number of nitrogens with one attached hydrogen (secondary N) is 1. The molecule has 1 saturated heterocycles. The van der Waals surface area contributed by atoms with Gasteiger partial charge in [-0.2, -0.15) is 0 Å². The molecule has 1 fully saturated rings. The summed E-state index contributed by atoms with van der Waals surface area (Å²) in [6.07, 6.45) is 4.34. The molecule has 1 aliphatic rings. The van der Waals surface area contributed by atoms with Gasteiger partial charge in [0.25, 0.3) is 0 Å². The van der Waals surface area contributed by atoms with Gasteiger partial charge in [-0.05, 0) is 37.3 Å². The van der Waals surface area contributed by atoms with Crippen LogP contribution in [0.2, 0.25) is 0 Å². The number of rotatable bonds is 7. The fraction of sp³-hybridized carbons (Fsp3) is 0.450. The molecule has 2 heterocycles. The predicted octanol–water partition coefficient (Wildman–Crippen LogP) is 2.79. The molecule has 0 radical (unpaired) electrons. The molecule has 9 heteroatoms. The van der Waals surface area contributed by atoms with Crippen molar-refractivity contribution in [2.45, 2.75) is 13.3 Å². The predicted molar refractivity (Wildman–Crippen MR) is 124 cm³/mol. The lowest BCUT2D eigenvalue weighted by molar-refractivity contribution is 0.312. The highest BCUT2D eigenvalue weighted by Gasteiger charge is 2.20. The Kier molecular flexibility index (Phi) is 9.89. The van der Waals surface area contributed by atoms with E-state index in [9.17, 15) is 4.39 Å². The summed E-state index contributed by atoms with van der Waals surface area (Å²) in [4.78, 5) is 17.8. The van der Waals surface area contributed by atoms with Gasteiger partial charge in [0.2, 0.25) is 5.95 Å². The van der Waals surface area contributed by atoms with Crippen LogP contribution in [0.25, 0.3) is 0 Å². The normalized spacial score (nSPS) is 14.3. The van der Waals surface area contributed by atoms with Crippen LogP contribution in [0.3, 0.4) is 0 Å². The van der Waals surface area contributed by atoms with E-state index in [0.29, 0.717) is 18.9 Å². The van der Waals surface area contributed by atoms with Crippen LogP contribution in [0, 0.1) is 5.82 Å². The molecule has 0 amide bonds. The van der Waals surface area contributed by atoms with E-state index in [2.05, 4.69) is 32.0 Å². The summed E-state index contributed by atoms with van der Waals surface area (Å²) in [7, 11) is 0. The van der Waals surface area contributed by atoms with E-state index >= 15 is 0 Å². The van der Waals surface area contributed by atoms with Gasteiger partial charge in [0, 0.05) is 58.1 Å². The number of anilines is 1. The van der Waals surface area contributed by atoms with Crippen LogP contribution in [-0.4, -0.2) is 66.7 Å². The highest BCUT2D eigenvalue weighted by molar-refractivity contribution is 14.0. The van der Waals surface area contributed by atoms with Crippen molar-refractivity contribution in [1.82, 2.24) is 20.2 Å². The Labute approximate surface area is 188 Å². The minimum atomic E-state index is -0.258. The zero-order chi connectivity index (χ0) is 19.6. The highest BCUT2D eigenvalue weighted by Crippen LogP contribution is 2.12. The molecular formula is C20H28FIN6O. The molecule has 29 heavy (non-hydrogen) atoms. The lowest BCUT2D eigenvalue weighted by Gasteiger charge is -2.36. The van der Waals surface area contributed by atoms with Gasteiger partial charge in [0.15, 0.2) is 5.96 Å². The Morgan fingerprint density at radius 2 is 1.83 bits per heavy atom. The zero-order valence-corrected chi connectivity index (χ0v) is 19.0. The summed E-state index contributed by atoms with van der Waals surface area (Å²) in [5.41, 5.74) is 0. The number of ether oxygens (including phenoxy) is 1. The van der Waals surface area contributed by atoms with Crippen LogP contribution in [0.4, 0.5) is 10.3 Å². The summed E-state index contributed by atoms with van der Waals surface area (Å²) >= 11 is 0. The molecule has 0 spiro atoms. The maximum absolute atomic E-state index is 12.9. The Hall–Kier alpha value is -2.17. The first kappa shape index (κ1) is 23.1. The van der Waals surface area contributed by atoms with Crippen molar-refractivity contribution < 1.29 is 9.13 Å². The number of hydrogen-bond acceptors (Lipinski definition) is 5. The van der Waals surface area contributed by atoms with Gasteiger partial charge in [0.1, 0.15) is 11.6 Å². The van der Waals surface area contributed by atoms with Gasteiger partial charge in [0.05, 0.1) is 6.61 Å². The summed E-state index contributed by atoms with van der Waals surface area (Å²) in [6, 6.07) is 7.90. The van der Waals surface area contributed by atoms with Crippen molar-refractivity contribution in [3.63, 3.8) is 0 Å². The van der Waals surface area contributed by atoms with Crippen molar-refractivity contribution in [3.05, 3.63) is 48.5 Å². The third-order valence-electron chi connectivity index (χ3n) is 4.40. The molecule has 1 aliphatic heterocycles. The zero-order valence-electron chi connectivity index (χ0n) is 16.6.